The molecule has 1 aromatic rings. The van der Waals surface area contributed by atoms with Crippen LogP contribution in [0.5, 0.6) is 0 Å². The second kappa shape index (κ2) is 6.20. The number of aryl methyl sites for hydroxylation is 1. The van der Waals surface area contributed by atoms with E-state index in [0.717, 1.165) is 19.3 Å². The first-order valence-corrected chi connectivity index (χ1v) is 7.07. The number of rotatable bonds is 4. The fourth-order valence-corrected chi connectivity index (χ4v) is 2.71. The van der Waals surface area contributed by atoms with Crippen LogP contribution in [0, 0.1) is 5.92 Å². The molecule has 1 aliphatic rings. The van der Waals surface area contributed by atoms with E-state index in [1.54, 1.807) is 11.8 Å². The number of fused-ring (bicyclic) bond motifs is 1. The van der Waals surface area contributed by atoms with Gasteiger partial charge in [0.15, 0.2) is 0 Å². The Morgan fingerprint density at radius 2 is 2.11 bits per heavy atom. The lowest BCUT2D eigenvalue weighted by molar-refractivity contribution is -0.134. The molecule has 1 aliphatic carbocycles. The van der Waals surface area contributed by atoms with Crippen LogP contribution < -0.4 is 0 Å². The monoisotopic (exact) mass is 261 g/mol. The predicted octanol–water partition coefficient (Wildman–Crippen LogP) is 2.02. The highest BCUT2D eigenvalue weighted by atomic mass is 16.3. The summed E-state index contributed by atoms with van der Waals surface area (Å²) in [7, 11) is 1.84. The molecule has 0 bridgehead atoms. The Labute approximate surface area is 115 Å². The van der Waals surface area contributed by atoms with E-state index in [-0.39, 0.29) is 17.9 Å². The normalized spacial score (nSPS) is 19.6. The van der Waals surface area contributed by atoms with Crippen LogP contribution in [0.4, 0.5) is 0 Å². The Hall–Kier alpha value is -1.35. The SMILES string of the molecule is CC(O)CCN(C)C(=O)C1CCc2ccccc2C1. The maximum Gasteiger partial charge on any atom is 0.225 e. The van der Waals surface area contributed by atoms with E-state index in [4.69, 9.17) is 0 Å². The second-order valence-electron chi connectivity index (χ2n) is 5.61. The van der Waals surface area contributed by atoms with Gasteiger partial charge in [-0.05, 0) is 43.7 Å². The summed E-state index contributed by atoms with van der Waals surface area (Å²) in [6.07, 6.45) is 3.09. The van der Waals surface area contributed by atoms with E-state index < -0.39 is 0 Å². The van der Waals surface area contributed by atoms with E-state index in [1.165, 1.54) is 11.1 Å². The molecule has 104 valence electrons. The third-order valence-corrected chi connectivity index (χ3v) is 3.95. The van der Waals surface area contributed by atoms with Gasteiger partial charge in [0.25, 0.3) is 0 Å². The van der Waals surface area contributed by atoms with Crippen molar-refractivity contribution in [2.75, 3.05) is 13.6 Å². The number of carbonyl (C=O) groups excluding carboxylic acids is 1. The Kier molecular flexibility index (Phi) is 4.59. The van der Waals surface area contributed by atoms with Gasteiger partial charge in [0, 0.05) is 19.5 Å². The van der Waals surface area contributed by atoms with Gasteiger partial charge in [-0.2, -0.15) is 0 Å². The van der Waals surface area contributed by atoms with Gasteiger partial charge in [-0.25, -0.2) is 0 Å². The molecule has 1 N–H and O–H groups in total. The number of carbonyl (C=O) groups is 1. The molecule has 0 spiro atoms. The van der Waals surface area contributed by atoms with E-state index in [2.05, 4.69) is 18.2 Å². The van der Waals surface area contributed by atoms with Crippen molar-refractivity contribution < 1.29 is 9.90 Å². The van der Waals surface area contributed by atoms with Gasteiger partial charge in [-0.3, -0.25) is 4.79 Å². The topological polar surface area (TPSA) is 40.5 Å². The van der Waals surface area contributed by atoms with Crippen molar-refractivity contribution in [2.45, 2.75) is 38.7 Å². The summed E-state index contributed by atoms with van der Waals surface area (Å²) < 4.78 is 0. The molecule has 3 nitrogen and oxygen atoms in total. The van der Waals surface area contributed by atoms with Crippen LogP contribution in [0.1, 0.15) is 30.9 Å². The first-order chi connectivity index (χ1) is 9.08. The van der Waals surface area contributed by atoms with E-state index >= 15 is 0 Å². The zero-order valence-electron chi connectivity index (χ0n) is 11.8. The molecule has 0 saturated heterocycles. The first kappa shape index (κ1) is 14.1. The summed E-state index contributed by atoms with van der Waals surface area (Å²) in [5.41, 5.74) is 2.70. The molecule has 0 saturated carbocycles. The fourth-order valence-electron chi connectivity index (χ4n) is 2.71. The minimum absolute atomic E-state index is 0.105. The van der Waals surface area contributed by atoms with E-state index in [1.807, 2.05) is 13.1 Å². The van der Waals surface area contributed by atoms with E-state index in [9.17, 15) is 9.90 Å². The number of nitrogens with zero attached hydrogens (tertiary/aromatic N) is 1. The summed E-state index contributed by atoms with van der Waals surface area (Å²) in [5.74, 6) is 0.323. The molecule has 0 fully saturated rings. The van der Waals surface area contributed by atoms with Gasteiger partial charge < -0.3 is 10.0 Å². The maximum absolute atomic E-state index is 12.4. The largest absolute Gasteiger partial charge is 0.393 e. The molecule has 0 aliphatic heterocycles. The van der Waals surface area contributed by atoms with Crippen molar-refractivity contribution in [3.63, 3.8) is 0 Å². The molecular weight excluding hydrogens is 238 g/mol. The van der Waals surface area contributed by atoms with Gasteiger partial charge in [-0.15, -0.1) is 0 Å². The minimum atomic E-state index is -0.345. The lowest BCUT2D eigenvalue weighted by atomic mass is 9.83. The van der Waals surface area contributed by atoms with Crippen LogP contribution in [0.3, 0.4) is 0 Å². The second-order valence-corrected chi connectivity index (χ2v) is 5.61. The van der Waals surface area contributed by atoms with Crippen LogP contribution in [0.25, 0.3) is 0 Å². The molecule has 2 atom stereocenters. The lowest BCUT2D eigenvalue weighted by Crippen LogP contribution is -2.37. The van der Waals surface area contributed by atoms with Crippen molar-refractivity contribution in [1.82, 2.24) is 4.90 Å². The molecule has 2 unspecified atom stereocenters. The molecular formula is C16H23NO2. The van der Waals surface area contributed by atoms with Gasteiger partial charge in [0.05, 0.1) is 6.10 Å². The fraction of sp³-hybridized carbons (Fsp3) is 0.562. The third-order valence-electron chi connectivity index (χ3n) is 3.95. The molecule has 19 heavy (non-hydrogen) atoms. The highest BCUT2D eigenvalue weighted by Crippen LogP contribution is 2.26. The summed E-state index contributed by atoms with van der Waals surface area (Å²) in [5, 5.41) is 9.29. The van der Waals surface area contributed by atoms with Crippen molar-refractivity contribution in [3.05, 3.63) is 35.4 Å². The molecule has 0 aromatic heterocycles. The zero-order chi connectivity index (χ0) is 13.8. The highest BCUT2D eigenvalue weighted by molar-refractivity contribution is 5.79. The quantitative estimate of drug-likeness (QED) is 0.901. The summed E-state index contributed by atoms with van der Waals surface area (Å²) in [6.45, 7) is 2.39. The van der Waals surface area contributed by atoms with Crippen LogP contribution >= 0.6 is 0 Å². The van der Waals surface area contributed by atoms with Crippen molar-refractivity contribution >= 4 is 5.91 Å². The number of benzene rings is 1. The summed E-state index contributed by atoms with van der Waals surface area (Å²) in [6, 6.07) is 8.40. The van der Waals surface area contributed by atoms with Crippen LogP contribution in [0.2, 0.25) is 0 Å². The average molecular weight is 261 g/mol. The van der Waals surface area contributed by atoms with Crippen molar-refractivity contribution in [3.8, 4) is 0 Å². The highest BCUT2D eigenvalue weighted by Gasteiger charge is 2.26. The number of aliphatic hydroxyl groups excluding tert-OH is 1. The minimum Gasteiger partial charge on any atom is -0.393 e. The average Bonchev–Trinajstić information content (AvgIpc) is 2.43. The predicted molar refractivity (Wildman–Crippen MR) is 75.9 cm³/mol. The van der Waals surface area contributed by atoms with E-state index in [0.29, 0.717) is 13.0 Å². The van der Waals surface area contributed by atoms with Crippen molar-refractivity contribution in [1.29, 1.82) is 0 Å². The zero-order valence-corrected chi connectivity index (χ0v) is 11.8. The maximum atomic E-state index is 12.4. The first-order valence-electron chi connectivity index (χ1n) is 7.07. The van der Waals surface area contributed by atoms with Crippen LogP contribution in [-0.4, -0.2) is 35.6 Å². The molecule has 1 amide bonds. The molecule has 1 aromatic carbocycles. The number of hydrogen-bond donors (Lipinski definition) is 1. The van der Waals surface area contributed by atoms with Gasteiger partial charge in [0.1, 0.15) is 0 Å². The van der Waals surface area contributed by atoms with Crippen molar-refractivity contribution in [2.24, 2.45) is 5.92 Å². The van der Waals surface area contributed by atoms with Gasteiger partial charge in [0.2, 0.25) is 5.91 Å². The number of amides is 1. The van der Waals surface area contributed by atoms with Gasteiger partial charge in [-0.1, -0.05) is 24.3 Å². The molecule has 3 heteroatoms. The molecule has 2 rings (SSSR count). The Balaban J connectivity index is 1.95. The van der Waals surface area contributed by atoms with Crippen LogP contribution in [0.15, 0.2) is 24.3 Å². The number of hydrogen-bond acceptors (Lipinski definition) is 2. The standard InChI is InChI=1S/C16H23NO2/c1-12(18)9-10-17(2)16(19)15-8-7-13-5-3-4-6-14(13)11-15/h3-6,12,15,18H,7-11H2,1-2H3. The lowest BCUT2D eigenvalue weighted by Gasteiger charge is -2.28. The number of aliphatic hydroxyl groups is 1. The molecule has 0 radical (unpaired) electrons. The van der Waals surface area contributed by atoms with Crippen LogP contribution in [-0.2, 0) is 17.6 Å². The smallest absolute Gasteiger partial charge is 0.225 e. The summed E-state index contributed by atoms with van der Waals surface area (Å²) >= 11 is 0. The Morgan fingerprint density at radius 1 is 1.42 bits per heavy atom. The third kappa shape index (κ3) is 3.57. The Morgan fingerprint density at radius 3 is 2.79 bits per heavy atom. The molecule has 0 heterocycles. The van der Waals surface area contributed by atoms with Gasteiger partial charge >= 0.3 is 0 Å². The summed E-state index contributed by atoms with van der Waals surface area (Å²) in [4.78, 5) is 14.1. The Bertz CT molecular complexity index is 442.